The highest BCUT2D eigenvalue weighted by atomic mass is 15.0. The summed E-state index contributed by atoms with van der Waals surface area (Å²) in [5, 5.41) is 7.09. The molecule has 0 radical (unpaired) electrons. The Balaban J connectivity index is 1.43. The Hall–Kier alpha value is -7.22. The van der Waals surface area contributed by atoms with E-state index < -0.39 is 5.41 Å². The van der Waals surface area contributed by atoms with Crippen molar-refractivity contribution < 1.29 is 0 Å². The van der Waals surface area contributed by atoms with Gasteiger partial charge in [-0.25, -0.2) is 0 Å². The van der Waals surface area contributed by atoms with E-state index in [1.54, 1.807) is 0 Å². The molecule has 0 aliphatic heterocycles. The molecule has 0 unspecified atom stereocenters. The lowest BCUT2D eigenvalue weighted by atomic mass is 9.67. The average molecular weight is 714 g/mol. The lowest BCUT2D eigenvalue weighted by Gasteiger charge is -2.34. The van der Waals surface area contributed by atoms with Crippen LogP contribution in [-0.4, -0.2) is 4.57 Å². The third-order valence-corrected chi connectivity index (χ3v) is 11.7. The molecule has 0 bridgehead atoms. The molecule has 56 heavy (non-hydrogen) atoms. The fraction of sp³-hybridized carbons (Fsp3) is 0.0182. The zero-order chi connectivity index (χ0) is 37.6. The maximum atomic E-state index is 4.17. The third kappa shape index (κ3) is 5.02. The first-order chi connectivity index (χ1) is 27.7. The molecule has 1 aromatic heterocycles. The van der Waals surface area contributed by atoms with Gasteiger partial charge in [-0.2, -0.15) is 0 Å². The lowest BCUT2D eigenvalue weighted by molar-refractivity contribution is 0.767. The van der Waals surface area contributed by atoms with Crippen LogP contribution in [0.25, 0.3) is 65.7 Å². The maximum Gasteiger partial charge on any atom is 0.0714 e. The Morgan fingerprint density at radius 1 is 0.429 bits per heavy atom. The number of hydrogen-bond acceptors (Lipinski definition) is 0. The minimum atomic E-state index is -0.524. The minimum Gasteiger partial charge on any atom is -0.309 e. The Morgan fingerprint density at radius 3 is 1.59 bits per heavy atom. The van der Waals surface area contributed by atoms with E-state index in [0.29, 0.717) is 0 Å². The zero-order valence-corrected chi connectivity index (χ0v) is 31.1. The molecule has 1 heteroatoms. The lowest BCUT2D eigenvalue weighted by Crippen LogP contribution is -2.28. The fourth-order valence-electron chi connectivity index (χ4n) is 9.32. The summed E-state index contributed by atoms with van der Waals surface area (Å²) in [6.07, 6.45) is 5.78. The van der Waals surface area contributed by atoms with Crippen LogP contribution in [-0.2, 0) is 5.41 Å². The predicted octanol–water partition coefficient (Wildman–Crippen LogP) is 14.3. The smallest absolute Gasteiger partial charge is 0.0714 e. The van der Waals surface area contributed by atoms with Crippen molar-refractivity contribution >= 4 is 48.9 Å². The normalized spacial score (nSPS) is 13.0. The molecule has 1 aliphatic carbocycles. The second-order valence-electron chi connectivity index (χ2n) is 14.5. The summed E-state index contributed by atoms with van der Waals surface area (Å²) in [6, 6.07) is 71.6. The van der Waals surface area contributed by atoms with Crippen molar-refractivity contribution in [2.24, 2.45) is 0 Å². The van der Waals surface area contributed by atoms with E-state index in [1.165, 1.54) is 60.3 Å². The molecular weight excluding hydrogens is 675 g/mol. The van der Waals surface area contributed by atoms with E-state index in [4.69, 9.17) is 0 Å². The molecule has 264 valence electrons. The molecule has 0 spiro atoms. The molecule has 0 atom stereocenters. The average Bonchev–Trinajstić information content (AvgIpc) is 3.58. The van der Waals surface area contributed by atoms with Gasteiger partial charge < -0.3 is 4.57 Å². The molecule has 0 saturated heterocycles. The van der Waals surface area contributed by atoms with Crippen molar-refractivity contribution in [1.29, 1.82) is 0 Å². The summed E-state index contributed by atoms with van der Waals surface area (Å²) in [6.45, 7) is 8.18. The molecule has 0 N–H and O–H groups in total. The molecule has 1 nitrogen and oxygen atoms in total. The van der Waals surface area contributed by atoms with Crippen LogP contribution in [0, 0.1) is 0 Å². The summed E-state index contributed by atoms with van der Waals surface area (Å²) in [5.41, 5.74) is 12.5. The molecular formula is C55H39N. The predicted molar refractivity (Wildman–Crippen MR) is 239 cm³/mol. The second kappa shape index (κ2) is 13.6. The van der Waals surface area contributed by atoms with Crippen molar-refractivity contribution in [2.75, 3.05) is 0 Å². The number of rotatable bonds is 6. The van der Waals surface area contributed by atoms with Gasteiger partial charge in [0.05, 0.1) is 16.4 Å². The Bertz CT molecular complexity index is 3070. The molecule has 1 aliphatic rings. The standard InChI is InChI=1S/C55H39N/c1-3-19-38(4-2)39-32-35-54-50(36-39)46-27-14-12-25-44(46)43-24-11-13-26-45(43)49-29-16-18-31-53(49)56(54)42-33-34-48-47-28-15-17-30-51(47)55(52(48)37-42,40-20-7-5-8-21-40)41-22-9-6-10-23-41/h3-37H,1-2H2/b38-19+. The number of nitrogens with zero attached hydrogens (tertiary/aromatic N) is 1. The Labute approximate surface area is 327 Å². The van der Waals surface area contributed by atoms with Gasteiger partial charge in [-0.15, -0.1) is 0 Å². The summed E-state index contributed by atoms with van der Waals surface area (Å²) in [4.78, 5) is 0. The number of benzene rings is 8. The number of aromatic nitrogens is 1. The van der Waals surface area contributed by atoms with Gasteiger partial charge in [-0.05, 0) is 96.4 Å². The minimum absolute atomic E-state index is 0.524. The van der Waals surface area contributed by atoms with Crippen LogP contribution >= 0.6 is 0 Å². The van der Waals surface area contributed by atoms with E-state index in [2.05, 4.69) is 212 Å². The molecule has 10 rings (SSSR count). The van der Waals surface area contributed by atoms with Crippen LogP contribution < -0.4 is 0 Å². The molecule has 9 aromatic rings. The van der Waals surface area contributed by atoms with Gasteiger partial charge in [-0.3, -0.25) is 0 Å². The Kier molecular flexibility index (Phi) is 8.08. The first-order valence-corrected chi connectivity index (χ1v) is 19.3. The van der Waals surface area contributed by atoms with E-state index in [-0.39, 0.29) is 0 Å². The van der Waals surface area contributed by atoms with E-state index in [0.717, 1.165) is 33.2 Å². The largest absolute Gasteiger partial charge is 0.309 e. The van der Waals surface area contributed by atoms with Gasteiger partial charge in [-0.1, -0.05) is 195 Å². The molecule has 1 heterocycles. The second-order valence-corrected chi connectivity index (χ2v) is 14.5. The highest BCUT2D eigenvalue weighted by Crippen LogP contribution is 2.56. The number of para-hydroxylation sites is 1. The summed E-state index contributed by atoms with van der Waals surface area (Å²) >= 11 is 0. The van der Waals surface area contributed by atoms with Crippen molar-refractivity contribution in [3.8, 4) is 16.8 Å². The molecule has 0 fully saturated rings. The van der Waals surface area contributed by atoms with Crippen LogP contribution in [0.3, 0.4) is 0 Å². The number of hydrogen-bond donors (Lipinski definition) is 0. The van der Waals surface area contributed by atoms with Gasteiger partial charge in [0.2, 0.25) is 0 Å². The first kappa shape index (κ1) is 33.4. The van der Waals surface area contributed by atoms with Crippen molar-refractivity contribution in [3.63, 3.8) is 0 Å². The molecule has 8 aromatic carbocycles. The van der Waals surface area contributed by atoms with Gasteiger partial charge in [0.25, 0.3) is 0 Å². The zero-order valence-electron chi connectivity index (χ0n) is 31.1. The summed E-state index contributed by atoms with van der Waals surface area (Å²) in [5.74, 6) is 0. The van der Waals surface area contributed by atoms with Crippen molar-refractivity contribution in [1.82, 2.24) is 4.57 Å². The third-order valence-electron chi connectivity index (χ3n) is 11.7. The summed E-state index contributed by atoms with van der Waals surface area (Å²) in [7, 11) is 0. The van der Waals surface area contributed by atoms with Gasteiger partial charge in [0.1, 0.15) is 0 Å². The van der Waals surface area contributed by atoms with Gasteiger partial charge >= 0.3 is 0 Å². The fourth-order valence-corrected chi connectivity index (χ4v) is 9.32. The number of allylic oxidation sites excluding steroid dienone is 4. The maximum absolute atomic E-state index is 4.17. The molecule has 0 amide bonds. The van der Waals surface area contributed by atoms with Crippen LogP contribution in [0.2, 0.25) is 0 Å². The monoisotopic (exact) mass is 713 g/mol. The van der Waals surface area contributed by atoms with Crippen LogP contribution in [0.4, 0.5) is 0 Å². The van der Waals surface area contributed by atoms with E-state index in [1.807, 2.05) is 18.2 Å². The van der Waals surface area contributed by atoms with Crippen molar-refractivity contribution in [2.45, 2.75) is 5.41 Å². The molecule has 0 saturated carbocycles. The van der Waals surface area contributed by atoms with Gasteiger partial charge in [0.15, 0.2) is 0 Å². The Morgan fingerprint density at radius 2 is 0.946 bits per heavy atom. The number of fused-ring (bicyclic) bond motifs is 10. The highest BCUT2D eigenvalue weighted by molar-refractivity contribution is 6.19. The van der Waals surface area contributed by atoms with Gasteiger partial charge in [0, 0.05) is 16.5 Å². The van der Waals surface area contributed by atoms with Crippen LogP contribution in [0.5, 0.6) is 0 Å². The first-order valence-electron chi connectivity index (χ1n) is 19.3. The topological polar surface area (TPSA) is 4.93 Å². The van der Waals surface area contributed by atoms with Crippen molar-refractivity contribution in [3.05, 3.63) is 253 Å². The summed E-state index contributed by atoms with van der Waals surface area (Å²) < 4.78 is 2.49. The van der Waals surface area contributed by atoms with E-state index in [9.17, 15) is 0 Å². The highest BCUT2D eigenvalue weighted by Gasteiger charge is 2.46. The van der Waals surface area contributed by atoms with E-state index >= 15 is 0 Å². The van der Waals surface area contributed by atoms with Crippen LogP contribution in [0.1, 0.15) is 27.8 Å². The van der Waals surface area contributed by atoms with Crippen LogP contribution in [0.15, 0.2) is 226 Å². The SMILES string of the molecule is C=C/C=C(\C=C)c1ccc2c(c1)c1ccccc1c1ccccc1c1ccccc1n2-c1ccc2c(c1)C(c1ccccc1)(c1ccccc1)c1ccccc1-2. The quantitative estimate of drug-likeness (QED) is 0.151.